The fraction of sp³-hybridized carbons (Fsp3) is 0.143. The third-order valence-corrected chi connectivity index (χ3v) is 4.78. The zero-order valence-corrected chi connectivity index (χ0v) is 15.2. The van der Waals surface area contributed by atoms with Gasteiger partial charge in [0.25, 0.3) is 5.91 Å². The smallest absolute Gasteiger partial charge is 0.271 e. The molecule has 5 nitrogen and oxygen atoms in total. The summed E-state index contributed by atoms with van der Waals surface area (Å²) in [4.78, 5) is 13.9. The van der Waals surface area contributed by atoms with Crippen LogP contribution >= 0.6 is 38.5 Å². The summed E-state index contributed by atoms with van der Waals surface area (Å²) in [6, 6.07) is 9.09. The van der Waals surface area contributed by atoms with Crippen molar-refractivity contribution in [3.05, 3.63) is 49.9 Å². The van der Waals surface area contributed by atoms with Gasteiger partial charge in [-0.1, -0.05) is 6.07 Å². The first-order valence-electron chi connectivity index (χ1n) is 6.03. The predicted octanol–water partition coefficient (Wildman–Crippen LogP) is 3.48. The quantitative estimate of drug-likeness (QED) is 0.431. The zero-order valence-electron chi connectivity index (χ0n) is 11.4. The standard InChI is InChI=1S/C14H13BrIN3O2/c1-19(2)10-5-3-4-9(6-10)14(20)18-17-8-11-7-12(15)13(16)21-11/h3-8H,1-2H3,(H,18,20)/b17-8-. The Kier molecular flexibility index (Phi) is 5.40. The van der Waals surface area contributed by atoms with Gasteiger partial charge in [0.15, 0.2) is 3.77 Å². The number of furan rings is 1. The highest BCUT2D eigenvalue weighted by atomic mass is 127. The molecule has 1 aromatic heterocycles. The summed E-state index contributed by atoms with van der Waals surface area (Å²) in [5, 5.41) is 3.89. The first-order valence-corrected chi connectivity index (χ1v) is 7.90. The molecule has 1 N–H and O–H groups in total. The Bertz CT molecular complexity index is 663. The third kappa shape index (κ3) is 4.31. The van der Waals surface area contributed by atoms with Crippen LogP contribution in [0.1, 0.15) is 16.1 Å². The molecule has 0 aliphatic rings. The molecule has 1 amide bonds. The molecule has 0 bridgehead atoms. The Balaban J connectivity index is 2.03. The highest BCUT2D eigenvalue weighted by Crippen LogP contribution is 2.22. The van der Waals surface area contributed by atoms with Crippen molar-refractivity contribution in [1.29, 1.82) is 0 Å². The molecule has 0 fully saturated rings. The van der Waals surface area contributed by atoms with E-state index >= 15 is 0 Å². The minimum absolute atomic E-state index is 0.268. The van der Waals surface area contributed by atoms with E-state index in [1.807, 2.05) is 31.1 Å². The highest BCUT2D eigenvalue weighted by Gasteiger charge is 2.07. The molecule has 2 rings (SSSR count). The lowest BCUT2D eigenvalue weighted by Gasteiger charge is -2.12. The molecule has 110 valence electrons. The van der Waals surface area contributed by atoms with Crippen LogP contribution in [0.15, 0.2) is 44.3 Å². The van der Waals surface area contributed by atoms with Gasteiger partial charge in [-0.05, 0) is 34.1 Å². The molecule has 0 saturated carbocycles. The summed E-state index contributed by atoms with van der Waals surface area (Å²) in [6.45, 7) is 0. The largest absolute Gasteiger partial charge is 0.448 e. The van der Waals surface area contributed by atoms with E-state index in [0.29, 0.717) is 11.3 Å². The van der Waals surface area contributed by atoms with Crippen LogP contribution in [0.25, 0.3) is 0 Å². The van der Waals surface area contributed by atoms with Crippen molar-refractivity contribution in [2.45, 2.75) is 0 Å². The van der Waals surface area contributed by atoms with Crippen LogP contribution in [-0.4, -0.2) is 26.2 Å². The minimum Gasteiger partial charge on any atom is -0.448 e. The van der Waals surface area contributed by atoms with Crippen molar-refractivity contribution in [2.75, 3.05) is 19.0 Å². The number of benzene rings is 1. The number of hydrogen-bond donors (Lipinski definition) is 1. The summed E-state index contributed by atoms with van der Waals surface area (Å²) in [6.07, 6.45) is 1.46. The van der Waals surface area contributed by atoms with Gasteiger partial charge >= 0.3 is 0 Å². The lowest BCUT2D eigenvalue weighted by atomic mass is 10.2. The van der Waals surface area contributed by atoms with E-state index in [-0.39, 0.29) is 5.91 Å². The first-order chi connectivity index (χ1) is 9.97. The number of carbonyl (C=O) groups is 1. The summed E-state index contributed by atoms with van der Waals surface area (Å²) in [5.41, 5.74) is 3.98. The van der Waals surface area contributed by atoms with Gasteiger partial charge in [-0.25, -0.2) is 5.43 Å². The van der Waals surface area contributed by atoms with E-state index in [0.717, 1.165) is 13.9 Å². The van der Waals surface area contributed by atoms with E-state index < -0.39 is 0 Å². The molecule has 21 heavy (non-hydrogen) atoms. The molecule has 0 aliphatic heterocycles. The van der Waals surface area contributed by atoms with E-state index in [1.165, 1.54) is 6.21 Å². The average Bonchev–Trinajstić information content (AvgIpc) is 2.77. The zero-order chi connectivity index (χ0) is 15.4. The van der Waals surface area contributed by atoms with Crippen LogP contribution in [0, 0.1) is 3.77 Å². The lowest BCUT2D eigenvalue weighted by Crippen LogP contribution is -2.18. The van der Waals surface area contributed by atoms with Gasteiger partial charge in [0.2, 0.25) is 0 Å². The number of amides is 1. The number of nitrogens with zero attached hydrogens (tertiary/aromatic N) is 2. The van der Waals surface area contributed by atoms with Gasteiger partial charge < -0.3 is 9.32 Å². The molecular weight excluding hydrogens is 449 g/mol. The van der Waals surface area contributed by atoms with E-state index in [1.54, 1.807) is 18.2 Å². The van der Waals surface area contributed by atoms with Gasteiger partial charge in [0, 0.05) is 54.0 Å². The summed E-state index contributed by atoms with van der Waals surface area (Å²) >= 11 is 5.40. The normalized spacial score (nSPS) is 10.9. The molecule has 0 atom stereocenters. The second kappa shape index (κ2) is 7.08. The monoisotopic (exact) mass is 461 g/mol. The summed E-state index contributed by atoms with van der Waals surface area (Å²) in [5.74, 6) is 0.295. The maximum absolute atomic E-state index is 12.0. The molecule has 0 radical (unpaired) electrons. The second-order valence-electron chi connectivity index (χ2n) is 4.41. The Morgan fingerprint density at radius 3 is 2.81 bits per heavy atom. The fourth-order valence-corrected chi connectivity index (χ4v) is 2.29. The fourth-order valence-electron chi connectivity index (χ4n) is 1.57. The number of anilines is 1. The molecular formula is C14H13BrIN3O2. The van der Waals surface area contributed by atoms with Crippen LogP contribution in [0.3, 0.4) is 0 Å². The van der Waals surface area contributed by atoms with E-state index in [2.05, 4.69) is 49.0 Å². The highest BCUT2D eigenvalue weighted by molar-refractivity contribution is 14.1. The van der Waals surface area contributed by atoms with Gasteiger partial charge in [-0.2, -0.15) is 5.10 Å². The van der Waals surface area contributed by atoms with Crippen molar-refractivity contribution < 1.29 is 9.21 Å². The summed E-state index contributed by atoms with van der Waals surface area (Å²) in [7, 11) is 3.84. The maximum Gasteiger partial charge on any atom is 0.271 e. The van der Waals surface area contributed by atoms with Crippen molar-refractivity contribution in [3.8, 4) is 0 Å². The van der Waals surface area contributed by atoms with E-state index in [4.69, 9.17) is 4.42 Å². The molecule has 0 saturated heterocycles. The van der Waals surface area contributed by atoms with Gasteiger partial charge in [-0.15, -0.1) is 0 Å². The van der Waals surface area contributed by atoms with Crippen LogP contribution in [0.2, 0.25) is 0 Å². The van der Waals surface area contributed by atoms with Crippen LogP contribution in [0.4, 0.5) is 5.69 Å². The number of hydrogen-bond acceptors (Lipinski definition) is 4. The number of nitrogens with one attached hydrogen (secondary N) is 1. The number of hydrazone groups is 1. The molecule has 1 aromatic carbocycles. The molecule has 1 heterocycles. The SMILES string of the molecule is CN(C)c1cccc(C(=O)N/N=C\c2cc(Br)c(I)o2)c1. The van der Waals surface area contributed by atoms with Crippen molar-refractivity contribution >= 4 is 56.3 Å². The second-order valence-corrected chi connectivity index (χ2v) is 6.25. The van der Waals surface area contributed by atoms with Crippen LogP contribution in [0.5, 0.6) is 0 Å². The van der Waals surface area contributed by atoms with Gasteiger partial charge in [0.1, 0.15) is 5.76 Å². The number of carbonyl (C=O) groups excluding carboxylic acids is 1. The molecule has 0 unspecified atom stereocenters. The molecule has 0 spiro atoms. The van der Waals surface area contributed by atoms with Crippen LogP contribution in [-0.2, 0) is 0 Å². The maximum atomic E-state index is 12.0. The lowest BCUT2D eigenvalue weighted by molar-refractivity contribution is 0.0955. The third-order valence-electron chi connectivity index (χ3n) is 2.65. The van der Waals surface area contributed by atoms with Gasteiger partial charge in [0.05, 0.1) is 10.7 Å². The predicted molar refractivity (Wildman–Crippen MR) is 95.0 cm³/mol. The minimum atomic E-state index is -0.268. The van der Waals surface area contributed by atoms with Crippen molar-refractivity contribution in [3.63, 3.8) is 0 Å². The Labute approximate surface area is 144 Å². The Hall–Kier alpha value is -1.35. The Morgan fingerprint density at radius 1 is 1.43 bits per heavy atom. The molecule has 0 aliphatic carbocycles. The number of halogens is 2. The Morgan fingerprint density at radius 2 is 2.19 bits per heavy atom. The first kappa shape index (κ1) is 16.0. The topological polar surface area (TPSA) is 57.8 Å². The van der Waals surface area contributed by atoms with Crippen molar-refractivity contribution in [1.82, 2.24) is 5.43 Å². The van der Waals surface area contributed by atoms with Gasteiger partial charge in [-0.3, -0.25) is 4.79 Å². The molecule has 2 aromatic rings. The van der Waals surface area contributed by atoms with Crippen molar-refractivity contribution in [2.24, 2.45) is 5.10 Å². The average molecular weight is 462 g/mol. The van der Waals surface area contributed by atoms with Crippen LogP contribution < -0.4 is 10.3 Å². The van der Waals surface area contributed by atoms with E-state index in [9.17, 15) is 4.79 Å². The molecule has 7 heteroatoms. The summed E-state index contributed by atoms with van der Waals surface area (Å²) < 4.78 is 6.98. The number of rotatable bonds is 4.